The third kappa shape index (κ3) is 4.71. The van der Waals surface area contributed by atoms with Gasteiger partial charge in [0.15, 0.2) is 0 Å². The Kier molecular flexibility index (Phi) is 6.16. The molecular formula is C28H33N7O2. The standard InChI is InChI=1S/C28H33N7O2/c1-19-3-6-25(20-4-5-24-21(15-20)18-35(31-24)23-8-11-32(2)12-9-23)34(17-19)28(37)27(36)30-22-7-13-33-14-10-29-26(33)16-22/h4-5,7,10,13-16,18-19,23,25H,3,6,8-9,11-12,17H2,1-2H3,(H,30,36)/t19-,25+/m0/s1. The normalized spacial score (nSPS) is 21.5. The van der Waals surface area contributed by atoms with Gasteiger partial charge in [-0.3, -0.25) is 14.3 Å². The van der Waals surface area contributed by atoms with Crippen molar-refractivity contribution in [2.24, 2.45) is 5.92 Å². The first-order valence-corrected chi connectivity index (χ1v) is 13.2. The van der Waals surface area contributed by atoms with Crippen molar-refractivity contribution in [2.45, 2.75) is 44.7 Å². The largest absolute Gasteiger partial charge is 0.327 e. The Balaban J connectivity index is 1.22. The highest BCUT2D eigenvalue weighted by Gasteiger charge is 2.34. The highest BCUT2D eigenvalue weighted by molar-refractivity contribution is 6.39. The minimum Gasteiger partial charge on any atom is -0.327 e. The number of imidazole rings is 1. The van der Waals surface area contributed by atoms with Gasteiger partial charge in [-0.15, -0.1) is 0 Å². The molecule has 3 aromatic heterocycles. The molecule has 0 aliphatic carbocycles. The number of anilines is 1. The molecule has 192 valence electrons. The SMILES string of the molecule is C[C@H]1CC[C@H](c2ccc3nn(C4CCN(C)CC4)cc3c2)N(C(=O)C(=O)Nc2ccn3ccnc3c2)C1. The van der Waals surface area contributed by atoms with Gasteiger partial charge in [0.25, 0.3) is 0 Å². The molecule has 0 radical (unpaired) electrons. The summed E-state index contributed by atoms with van der Waals surface area (Å²) in [7, 11) is 2.17. The molecule has 5 heterocycles. The van der Waals surface area contributed by atoms with Gasteiger partial charge in [-0.25, -0.2) is 4.98 Å². The van der Waals surface area contributed by atoms with E-state index in [-0.39, 0.29) is 6.04 Å². The molecule has 2 aliphatic heterocycles. The molecule has 9 nitrogen and oxygen atoms in total. The Morgan fingerprint density at radius 2 is 1.86 bits per heavy atom. The lowest BCUT2D eigenvalue weighted by atomic mass is 9.89. The van der Waals surface area contributed by atoms with Crippen molar-refractivity contribution in [3.63, 3.8) is 0 Å². The molecule has 2 atom stereocenters. The Hall–Kier alpha value is -3.72. The Morgan fingerprint density at radius 1 is 1.03 bits per heavy atom. The Bertz CT molecular complexity index is 1450. The summed E-state index contributed by atoms with van der Waals surface area (Å²) in [5.74, 6) is -0.779. The molecule has 37 heavy (non-hydrogen) atoms. The number of fused-ring (bicyclic) bond motifs is 2. The average molecular weight is 500 g/mol. The Morgan fingerprint density at radius 3 is 2.70 bits per heavy atom. The third-order valence-corrected chi connectivity index (χ3v) is 7.92. The number of nitrogens with zero attached hydrogens (tertiary/aromatic N) is 6. The van der Waals surface area contributed by atoms with Crippen molar-refractivity contribution in [3.05, 3.63) is 60.7 Å². The summed E-state index contributed by atoms with van der Waals surface area (Å²) in [6.45, 7) is 4.86. The quantitative estimate of drug-likeness (QED) is 0.432. The van der Waals surface area contributed by atoms with Gasteiger partial charge < -0.3 is 19.5 Å². The van der Waals surface area contributed by atoms with E-state index >= 15 is 0 Å². The van der Waals surface area contributed by atoms with Crippen LogP contribution in [-0.2, 0) is 9.59 Å². The minimum atomic E-state index is -0.619. The van der Waals surface area contributed by atoms with Crippen LogP contribution >= 0.6 is 0 Å². The summed E-state index contributed by atoms with van der Waals surface area (Å²) < 4.78 is 3.97. The maximum absolute atomic E-state index is 13.4. The molecule has 2 aliphatic rings. The smallest absolute Gasteiger partial charge is 0.313 e. The molecule has 4 aromatic rings. The average Bonchev–Trinajstić information content (AvgIpc) is 3.55. The molecule has 0 saturated carbocycles. The van der Waals surface area contributed by atoms with Crippen LogP contribution in [0.3, 0.4) is 0 Å². The second-order valence-electron chi connectivity index (χ2n) is 10.7. The lowest BCUT2D eigenvalue weighted by Crippen LogP contribution is -2.46. The van der Waals surface area contributed by atoms with Crippen LogP contribution in [0.1, 0.15) is 50.3 Å². The van der Waals surface area contributed by atoms with Gasteiger partial charge in [0, 0.05) is 48.5 Å². The third-order valence-electron chi connectivity index (χ3n) is 7.92. The molecule has 2 amide bonds. The van der Waals surface area contributed by atoms with Crippen LogP contribution in [0.4, 0.5) is 5.69 Å². The van der Waals surface area contributed by atoms with Crippen LogP contribution in [-0.4, -0.2) is 67.5 Å². The number of rotatable bonds is 3. The van der Waals surface area contributed by atoms with Gasteiger partial charge in [0.2, 0.25) is 0 Å². The number of benzene rings is 1. The number of carbonyl (C=O) groups is 2. The predicted octanol–water partition coefficient (Wildman–Crippen LogP) is 3.89. The maximum Gasteiger partial charge on any atom is 0.313 e. The lowest BCUT2D eigenvalue weighted by Gasteiger charge is -2.38. The monoisotopic (exact) mass is 499 g/mol. The molecule has 2 fully saturated rings. The fourth-order valence-electron chi connectivity index (χ4n) is 5.74. The molecular weight excluding hydrogens is 466 g/mol. The van der Waals surface area contributed by atoms with Gasteiger partial charge in [0.05, 0.1) is 17.6 Å². The number of hydrogen-bond acceptors (Lipinski definition) is 5. The van der Waals surface area contributed by atoms with E-state index in [0.29, 0.717) is 29.8 Å². The van der Waals surface area contributed by atoms with Crippen LogP contribution in [0, 0.1) is 5.92 Å². The van der Waals surface area contributed by atoms with Crippen LogP contribution in [0.25, 0.3) is 16.6 Å². The van der Waals surface area contributed by atoms with Gasteiger partial charge in [-0.1, -0.05) is 13.0 Å². The maximum atomic E-state index is 13.4. The zero-order valence-electron chi connectivity index (χ0n) is 21.4. The lowest BCUT2D eigenvalue weighted by molar-refractivity contribution is -0.146. The van der Waals surface area contributed by atoms with Crippen molar-refractivity contribution in [1.82, 2.24) is 29.0 Å². The number of piperidine rings is 2. The molecule has 1 aromatic carbocycles. The van der Waals surface area contributed by atoms with E-state index in [1.165, 1.54) is 0 Å². The fourth-order valence-corrected chi connectivity index (χ4v) is 5.74. The van der Waals surface area contributed by atoms with Crippen molar-refractivity contribution in [2.75, 3.05) is 32.0 Å². The molecule has 6 rings (SSSR count). The molecule has 2 saturated heterocycles. The number of hydrogen-bond donors (Lipinski definition) is 1. The van der Waals surface area contributed by atoms with E-state index in [9.17, 15) is 9.59 Å². The van der Waals surface area contributed by atoms with E-state index < -0.39 is 11.8 Å². The van der Waals surface area contributed by atoms with E-state index in [4.69, 9.17) is 5.10 Å². The zero-order valence-corrected chi connectivity index (χ0v) is 21.4. The number of aromatic nitrogens is 4. The second-order valence-corrected chi connectivity index (χ2v) is 10.7. The van der Waals surface area contributed by atoms with Crippen molar-refractivity contribution in [1.29, 1.82) is 0 Å². The van der Waals surface area contributed by atoms with E-state index in [0.717, 1.165) is 55.2 Å². The number of likely N-dealkylation sites (tertiary alicyclic amines) is 2. The number of amides is 2. The van der Waals surface area contributed by atoms with Crippen molar-refractivity contribution in [3.8, 4) is 0 Å². The molecule has 0 unspecified atom stereocenters. The second kappa shape index (κ2) is 9.63. The van der Waals surface area contributed by atoms with E-state index in [1.807, 2.05) is 16.8 Å². The topological polar surface area (TPSA) is 87.8 Å². The molecule has 1 N–H and O–H groups in total. The van der Waals surface area contributed by atoms with E-state index in [2.05, 4.69) is 58.2 Å². The van der Waals surface area contributed by atoms with Crippen LogP contribution < -0.4 is 5.32 Å². The summed E-state index contributed by atoms with van der Waals surface area (Å²) in [5.41, 5.74) is 3.30. The summed E-state index contributed by atoms with van der Waals surface area (Å²) in [4.78, 5) is 34.8. The highest BCUT2D eigenvalue weighted by Crippen LogP contribution is 2.35. The Labute approximate surface area is 216 Å². The zero-order chi connectivity index (χ0) is 25.5. The van der Waals surface area contributed by atoms with Crippen LogP contribution in [0.2, 0.25) is 0 Å². The molecule has 0 spiro atoms. The van der Waals surface area contributed by atoms with Crippen LogP contribution in [0.15, 0.2) is 55.1 Å². The van der Waals surface area contributed by atoms with Crippen molar-refractivity contribution >= 4 is 34.1 Å². The first kappa shape index (κ1) is 23.7. The molecule has 0 bridgehead atoms. The van der Waals surface area contributed by atoms with Gasteiger partial charge >= 0.3 is 11.8 Å². The van der Waals surface area contributed by atoms with Gasteiger partial charge in [-0.2, -0.15) is 5.10 Å². The minimum absolute atomic E-state index is 0.139. The van der Waals surface area contributed by atoms with Crippen molar-refractivity contribution < 1.29 is 9.59 Å². The number of carbonyl (C=O) groups excluding carboxylic acids is 2. The summed E-state index contributed by atoms with van der Waals surface area (Å²) in [5, 5.41) is 8.72. The number of nitrogens with one attached hydrogen (secondary N) is 1. The first-order valence-electron chi connectivity index (χ1n) is 13.2. The van der Waals surface area contributed by atoms with Crippen LogP contribution in [0.5, 0.6) is 0 Å². The summed E-state index contributed by atoms with van der Waals surface area (Å²) in [6.07, 6.45) is 11.5. The predicted molar refractivity (Wildman–Crippen MR) is 142 cm³/mol. The fraction of sp³-hybridized carbons (Fsp3) is 0.429. The van der Waals surface area contributed by atoms with Gasteiger partial charge in [-0.05, 0) is 75.5 Å². The van der Waals surface area contributed by atoms with Gasteiger partial charge in [0.1, 0.15) is 5.65 Å². The highest BCUT2D eigenvalue weighted by atomic mass is 16.2. The first-order chi connectivity index (χ1) is 17.9. The summed E-state index contributed by atoms with van der Waals surface area (Å²) >= 11 is 0. The molecule has 9 heteroatoms. The number of pyridine rings is 1. The summed E-state index contributed by atoms with van der Waals surface area (Å²) in [6, 6.07) is 10.1. The van der Waals surface area contributed by atoms with E-state index in [1.54, 1.807) is 23.2 Å².